The van der Waals surface area contributed by atoms with E-state index in [4.69, 9.17) is 0 Å². The third-order valence-electron chi connectivity index (χ3n) is 6.62. The fourth-order valence-electron chi connectivity index (χ4n) is 4.62. The summed E-state index contributed by atoms with van der Waals surface area (Å²) in [4.78, 5) is 29.5. The van der Waals surface area contributed by atoms with Crippen LogP contribution in [0.2, 0.25) is 0 Å². The van der Waals surface area contributed by atoms with Gasteiger partial charge in [0.25, 0.3) is 0 Å². The number of rotatable bonds is 4. The van der Waals surface area contributed by atoms with E-state index in [2.05, 4.69) is 4.90 Å². The van der Waals surface area contributed by atoms with Gasteiger partial charge in [-0.2, -0.15) is 0 Å². The summed E-state index contributed by atoms with van der Waals surface area (Å²) in [5, 5.41) is 11.0. The van der Waals surface area contributed by atoms with Crippen LogP contribution in [0.15, 0.2) is 42.5 Å². The molecule has 2 aromatic rings. The lowest BCUT2D eigenvalue weighted by Crippen LogP contribution is -2.44. The van der Waals surface area contributed by atoms with Crippen LogP contribution >= 0.6 is 0 Å². The van der Waals surface area contributed by atoms with Crippen LogP contribution in [-0.4, -0.2) is 47.9 Å². The van der Waals surface area contributed by atoms with Crippen molar-refractivity contribution < 1.29 is 19.1 Å². The molecule has 32 heavy (non-hydrogen) atoms. The van der Waals surface area contributed by atoms with Gasteiger partial charge in [0, 0.05) is 36.3 Å². The van der Waals surface area contributed by atoms with Crippen LogP contribution in [-0.2, 0) is 16.8 Å². The van der Waals surface area contributed by atoms with Crippen molar-refractivity contribution in [3.8, 4) is 0 Å². The van der Waals surface area contributed by atoms with Crippen molar-refractivity contribution >= 4 is 17.4 Å². The van der Waals surface area contributed by atoms with E-state index < -0.39 is 11.0 Å². The fraction of sp³-hybridized carbons (Fsp3) is 0.462. The van der Waals surface area contributed by atoms with E-state index in [0.29, 0.717) is 44.6 Å². The minimum atomic E-state index is -0.982. The zero-order valence-corrected chi connectivity index (χ0v) is 19.0. The molecule has 6 heteroatoms. The molecule has 0 spiro atoms. The summed E-state index contributed by atoms with van der Waals surface area (Å²) in [6, 6.07) is 11.6. The Morgan fingerprint density at radius 2 is 1.69 bits per heavy atom. The Morgan fingerprint density at radius 1 is 1.03 bits per heavy atom. The molecule has 0 bridgehead atoms. The number of amides is 1. The van der Waals surface area contributed by atoms with Crippen molar-refractivity contribution in [3.05, 3.63) is 65.0 Å². The Balaban J connectivity index is 1.38. The predicted octanol–water partition coefficient (Wildman–Crippen LogP) is 3.93. The smallest absolute Gasteiger partial charge is 0.232 e. The maximum absolute atomic E-state index is 13.2. The normalized spacial score (nSPS) is 18.5. The molecular formula is C26H31FN2O3. The Labute approximate surface area is 188 Å². The van der Waals surface area contributed by atoms with Gasteiger partial charge < -0.3 is 10.0 Å². The number of anilines is 1. The number of halogens is 1. The van der Waals surface area contributed by atoms with Crippen molar-refractivity contribution in [3.63, 3.8) is 0 Å². The number of fused-ring (bicyclic) bond motifs is 1. The first kappa shape index (κ1) is 22.6. The average molecular weight is 439 g/mol. The van der Waals surface area contributed by atoms with Gasteiger partial charge in [-0.05, 0) is 60.7 Å². The molecule has 0 aromatic heterocycles. The fourth-order valence-corrected chi connectivity index (χ4v) is 4.62. The summed E-state index contributed by atoms with van der Waals surface area (Å²) < 4.78 is 13.2. The quantitative estimate of drug-likeness (QED) is 0.735. The highest BCUT2D eigenvalue weighted by Gasteiger charge is 2.35. The summed E-state index contributed by atoms with van der Waals surface area (Å²) in [6.07, 6.45) is 1.76. The number of carbonyl (C=O) groups is 2. The molecule has 0 radical (unpaired) electrons. The van der Waals surface area contributed by atoms with Crippen molar-refractivity contribution in [2.24, 2.45) is 5.41 Å². The SMILES string of the molecule is CC(C)(C)C(=O)N1CCc2cc(C(=O)CN3CCC(O)(c4ccc(F)cc4)CC3)ccc21. The van der Waals surface area contributed by atoms with E-state index >= 15 is 0 Å². The van der Waals surface area contributed by atoms with Crippen LogP contribution in [0.5, 0.6) is 0 Å². The van der Waals surface area contributed by atoms with Crippen molar-refractivity contribution in [2.75, 3.05) is 31.1 Å². The number of nitrogens with zero attached hydrogens (tertiary/aromatic N) is 2. The van der Waals surface area contributed by atoms with E-state index in [0.717, 1.165) is 23.2 Å². The van der Waals surface area contributed by atoms with Crippen LogP contribution in [0.4, 0.5) is 10.1 Å². The van der Waals surface area contributed by atoms with Crippen molar-refractivity contribution in [1.82, 2.24) is 4.90 Å². The van der Waals surface area contributed by atoms with Crippen LogP contribution in [0, 0.1) is 11.2 Å². The maximum Gasteiger partial charge on any atom is 0.232 e. The molecule has 5 nitrogen and oxygen atoms in total. The van der Waals surface area contributed by atoms with Gasteiger partial charge >= 0.3 is 0 Å². The van der Waals surface area contributed by atoms with Crippen LogP contribution in [0.25, 0.3) is 0 Å². The standard InChI is InChI=1S/C26H31FN2O3/c1-25(2,3)24(31)29-13-10-18-16-19(4-9-22(18)29)23(30)17-28-14-11-26(32,12-15-28)20-5-7-21(27)8-6-20/h4-9,16,32H,10-15,17H2,1-3H3. The first-order valence-electron chi connectivity index (χ1n) is 11.3. The number of ketones is 1. The number of Topliss-reactive ketones (excluding diaryl/α,β-unsaturated/α-hetero) is 1. The minimum absolute atomic E-state index is 0.0422. The molecule has 0 unspecified atom stereocenters. The topological polar surface area (TPSA) is 60.9 Å². The molecule has 2 heterocycles. The largest absolute Gasteiger partial charge is 0.385 e. The molecule has 1 saturated heterocycles. The molecular weight excluding hydrogens is 407 g/mol. The summed E-state index contributed by atoms with van der Waals surface area (Å²) in [5.41, 5.74) is 1.90. The number of likely N-dealkylation sites (tertiary alicyclic amines) is 1. The van der Waals surface area contributed by atoms with Crippen LogP contribution < -0.4 is 4.90 Å². The summed E-state index contributed by atoms with van der Waals surface area (Å²) >= 11 is 0. The first-order valence-corrected chi connectivity index (χ1v) is 11.3. The number of hydrogen-bond donors (Lipinski definition) is 1. The minimum Gasteiger partial charge on any atom is -0.385 e. The first-order chi connectivity index (χ1) is 15.1. The second-order valence-electron chi connectivity index (χ2n) is 10.0. The van der Waals surface area contributed by atoms with E-state index in [9.17, 15) is 19.1 Å². The number of carbonyl (C=O) groups excluding carboxylic acids is 2. The Bertz CT molecular complexity index is 1020. The van der Waals surface area contributed by atoms with E-state index in [1.165, 1.54) is 12.1 Å². The number of aliphatic hydroxyl groups is 1. The number of piperidine rings is 1. The third-order valence-corrected chi connectivity index (χ3v) is 6.62. The van der Waals surface area contributed by atoms with Gasteiger partial charge in [0.2, 0.25) is 5.91 Å². The molecule has 2 aliphatic rings. The lowest BCUT2D eigenvalue weighted by atomic mass is 9.84. The van der Waals surface area contributed by atoms with Gasteiger partial charge in [-0.3, -0.25) is 14.5 Å². The zero-order chi connectivity index (χ0) is 23.1. The molecule has 0 aliphatic carbocycles. The summed E-state index contributed by atoms with van der Waals surface area (Å²) in [5.74, 6) is -0.182. The molecule has 2 aliphatic heterocycles. The van der Waals surface area contributed by atoms with Gasteiger partial charge in [0.05, 0.1) is 12.1 Å². The van der Waals surface area contributed by atoms with E-state index in [1.54, 1.807) is 12.1 Å². The molecule has 0 atom stereocenters. The van der Waals surface area contributed by atoms with E-state index in [1.807, 2.05) is 43.9 Å². The van der Waals surface area contributed by atoms with Crippen molar-refractivity contribution in [1.29, 1.82) is 0 Å². The van der Waals surface area contributed by atoms with Gasteiger partial charge in [0.1, 0.15) is 5.82 Å². The molecule has 170 valence electrons. The van der Waals surface area contributed by atoms with E-state index in [-0.39, 0.29) is 17.5 Å². The number of hydrogen-bond acceptors (Lipinski definition) is 4. The molecule has 1 amide bonds. The average Bonchev–Trinajstić information content (AvgIpc) is 3.17. The zero-order valence-electron chi connectivity index (χ0n) is 19.0. The van der Waals surface area contributed by atoms with Gasteiger partial charge in [-0.25, -0.2) is 4.39 Å². The maximum atomic E-state index is 13.2. The second-order valence-corrected chi connectivity index (χ2v) is 10.0. The summed E-state index contributed by atoms with van der Waals surface area (Å²) in [6.45, 7) is 7.89. The molecule has 1 fully saturated rings. The van der Waals surface area contributed by atoms with Gasteiger partial charge in [-0.15, -0.1) is 0 Å². The summed E-state index contributed by atoms with van der Waals surface area (Å²) in [7, 11) is 0. The van der Waals surface area contributed by atoms with Crippen molar-refractivity contribution in [2.45, 2.75) is 45.6 Å². The second kappa shape index (κ2) is 8.41. The molecule has 2 aromatic carbocycles. The lowest BCUT2D eigenvalue weighted by molar-refractivity contribution is -0.125. The molecule has 1 N–H and O–H groups in total. The Morgan fingerprint density at radius 3 is 2.31 bits per heavy atom. The Kier molecular flexibility index (Phi) is 5.94. The highest BCUT2D eigenvalue weighted by molar-refractivity contribution is 6.01. The number of benzene rings is 2. The predicted molar refractivity (Wildman–Crippen MR) is 122 cm³/mol. The molecule has 0 saturated carbocycles. The third kappa shape index (κ3) is 4.48. The highest BCUT2D eigenvalue weighted by atomic mass is 19.1. The van der Waals surface area contributed by atoms with Gasteiger partial charge in [0.15, 0.2) is 5.78 Å². The van der Waals surface area contributed by atoms with Crippen LogP contribution in [0.1, 0.15) is 55.1 Å². The monoisotopic (exact) mass is 438 g/mol. The highest BCUT2D eigenvalue weighted by Crippen LogP contribution is 2.34. The molecule has 4 rings (SSSR count). The van der Waals surface area contributed by atoms with Gasteiger partial charge in [-0.1, -0.05) is 32.9 Å². The Hall–Kier alpha value is -2.57. The lowest BCUT2D eigenvalue weighted by Gasteiger charge is -2.38. The van der Waals surface area contributed by atoms with Crippen LogP contribution in [0.3, 0.4) is 0 Å².